The van der Waals surface area contributed by atoms with E-state index >= 15 is 0 Å². The Kier molecular flexibility index (Phi) is 3.09. The van der Waals surface area contributed by atoms with Crippen LogP contribution in [-0.4, -0.2) is 18.0 Å². The highest BCUT2D eigenvalue weighted by Gasteiger charge is 2.27. The molecule has 3 heteroatoms. The molecule has 12 heavy (non-hydrogen) atoms. The van der Waals surface area contributed by atoms with Crippen molar-refractivity contribution in [3.63, 3.8) is 0 Å². The number of hydrogen-bond acceptors (Lipinski definition) is 2. The van der Waals surface area contributed by atoms with Crippen molar-refractivity contribution < 1.29 is 4.79 Å². The average Bonchev–Trinajstić information content (AvgIpc) is 1.96. The summed E-state index contributed by atoms with van der Waals surface area (Å²) in [4.78, 5) is 11.2. The molecule has 0 heterocycles. The van der Waals surface area contributed by atoms with Gasteiger partial charge in [0.2, 0.25) is 5.91 Å². The molecule has 0 saturated heterocycles. The molecule has 0 aromatic carbocycles. The van der Waals surface area contributed by atoms with Crippen molar-refractivity contribution in [2.24, 2.45) is 11.7 Å². The highest BCUT2D eigenvalue weighted by Crippen LogP contribution is 2.26. The molecule has 1 rings (SSSR count). The third kappa shape index (κ3) is 2.48. The van der Waals surface area contributed by atoms with Crippen LogP contribution in [0.5, 0.6) is 0 Å². The van der Waals surface area contributed by atoms with E-state index in [4.69, 9.17) is 5.73 Å². The Morgan fingerprint density at radius 3 is 2.67 bits per heavy atom. The lowest BCUT2D eigenvalue weighted by molar-refractivity contribution is -0.123. The largest absolute Gasteiger partial charge is 0.353 e. The molecule has 0 aromatic heterocycles. The van der Waals surface area contributed by atoms with E-state index in [-0.39, 0.29) is 11.9 Å². The normalized spacial score (nSPS) is 30.6. The fourth-order valence-electron chi connectivity index (χ4n) is 1.44. The maximum Gasteiger partial charge on any atom is 0.221 e. The number of carbonyl (C=O) groups is 1. The summed E-state index contributed by atoms with van der Waals surface area (Å²) in [5, 5.41) is 2.98. The topological polar surface area (TPSA) is 55.1 Å². The first-order chi connectivity index (χ1) is 5.59. The van der Waals surface area contributed by atoms with Crippen molar-refractivity contribution in [1.29, 1.82) is 0 Å². The lowest BCUT2D eigenvalue weighted by Crippen LogP contribution is -2.46. The Morgan fingerprint density at radius 2 is 2.33 bits per heavy atom. The van der Waals surface area contributed by atoms with Crippen LogP contribution >= 0.6 is 0 Å². The number of nitrogens with two attached hydrogens (primary N) is 1. The van der Waals surface area contributed by atoms with E-state index in [2.05, 4.69) is 12.2 Å². The Hall–Kier alpha value is -0.570. The van der Waals surface area contributed by atoms with Crippen LogP contribution in [0.3, 0.4) is 0 Å². The monoisotopic (exact) mass is 170 g/mol. The first-order valence-electron chi connectivity index (χ1n) is 4.64. The van der Waals surface area contributed by atoms with E-state index in [0.29, 0.717) is 18.4 Å². The highest BCUT2D eigenvalue weighted by molar-refractivity contribution is 5.76. The van der Waals surface area contributed by atoms with Crippen LogP contribution in [0, 0.1) is 5.92 Å². The third-order valence-electron chi connectivity index (χ3n) is 2.47. The van der Waals surface area contributed by atoms with Gasteiger partial charge >= 0.3 is 0 Å². The van der Waals surface area contributed by atoms with Crippen LogP contribution in [0.2, 0.25) is 0 Å². The van der Waals surface area contributed by atoms with Gasteiger partial charge in [-0.2, -0.15) is 0 Å². The maximum atomic E-state index is 11.2. The van der Waals surface area contributed by atoms with Gasteiger partial charge in [0, 0.05) is 18.5 Å². The van der Waals surface area contributed by atoms with Crippen LogP contribution in [0.4, 0.5) is 0 Å². The summed E-state index contributed by atoms with van der Waals surface area (Å²) in [6.45, 7) is 4.02. The molecule has 3 nitrogen and oxygen atoms in total. The zero-order chi connectivity index (χ0) is 9.14. The van der Waals surface area contributed by atoms with Gasteiger partial charge in [-0.05, 0) is 25.7 Å². The van der Waals surface area contributed by atoms with E-state index in [1.54, 1.807) is 0 Å². The molecule has 0 radical (unpaired) electrons. The second-order valence-electron chi connectivity index (χ2n) is 3.91. The molecule has 3 atom stereocenters. The first kappa shape index (κ1) is 9.52. The second-order valence-corrected chi connectivity index (χ2v) is 3.91. The average molecular weight is 170 g/mol. The molecule has 1 amide bonds. The zero-order valence-corrected chi connectivity index (χ0v) is 7.84. The lowest BCUT2D eigenvalue weighted by atomic mass is 9.81. The quantitative estimate of drug-likeness (QED) is 0.653. The molecule has 70 valence electrons. The van der Waals surface area contributed by atoms with E-state index in [1.165, 1.54) is 6.42 Å². The summed E-state index contributed by atoms with van der Waals surface area (Å²) in [5.74, 6) is 0.753. The Labute approximate surface area is 73.7 Å². The maximum absolute atomic E-state index is 11.2. The van der Waals surface area contributed by atoms with Gasteiger partial charge in [-0.1, -0.05) is 6.92 Å². The van der Waals surface area contributed by atoms with Gasteiger partial charge in [0.25, 0.3) is 0 Å². The predicted octanol–water partition coefficient (Wildman–Crippen LogP) is 0.638. The van der Waals surface area contributed by atoms with Gasteiger partial charge in [0.1, 0.15) is 0 Å². The van der Waals surface area contributed by atoms with Crippen LogP contribution < -0.4 is 11.1 Å². The van der Waals surface area contributed by atoms with Gasteiger partial charge in [0.05, 0.1) is 0 Å². The fraction of sp³-hybridized carbons (Fsp3) is 0.889. The van der Waals surface area contributed by atoms with E-state index < -0.39 is 0 Å². The van der Waals surface area contributed by atoms with Crippen molar-refractivity contribution in [2.75, 3.05) is 0 Å². The van der Waals surface area contributed by atoms with Gasteiger partial charge in [-0.15, -0.1) is 0 Å². The van der Waals surface area contributed by atoms with Crippen molar-refractivity contribution in [3.8, 4) is 0 Å². The first-order valence-corrected chi connectivity index (χ1v) is 4.64. The molecule has 1 saturated carbocycles. The van der Waals surface area contributed by atoms with Crippen LogP contribution in [0.25, 0.3) is 0 Å². The molecule has 0 bridgehead atoms. The van der Waals surface area contributed by atoms with E-state index in [9.17, 15) is 4.79 Å². The second kappa shape index (κ2) is 3.90. The number of nitrogens with one attached hydrogen (secondary N) is 1. The van der Waals surface area contributed by atoms with Crippen molar-refractivity contribution in [3.05, 3.63) is 0 Å². The number of rotatable bonds is 3. The Bertz CT molecular complexity index is 168. The highest BCUT2D eigenvalue weighted by atomic mass is 16.1. The van der Waals surface area contributed by atoms with Crippen LogP contribution in [0.15, 0.2) is 0 Å². The standard InChI is InChI=1S/C9H18N2O/c1-6-3-4-8(6)11-9(12)5-7(2)10/h6-8H,3-5,10H2,1-2H3,(H,11,12). The molecular formula is C9H18N2O. The molecule has 3 N–H and O–H groups in total. The summed E-state index contributed by atoms with van der Waals surface area (Å²) < 4.78 is 0. The molecule has 3 unspecified atom stereocenters. The number of hydrogen-bond donors (Lipinski definition) is 2. The predicted molar refractivity (Wildman–Crippen MR) is 48.6 cm³/mol. The molecule has 0 aliphatic heterocycles. The van der Waals surface area contributed by atoms with Crippen LogP contribution in [-0.2, 0) is 4.79 Å². The Morgan fingerprint density at radius 1 is 1.67 bits per heavy atom. The van der Waals surface area contributed by atoms with Crippen molar-refractivity contribution in [2.45, 2.75) is 45.2 Å². The molecule has 0 aromatic rings. The number of amides is 1. The van der Waals surface area contributed by atoms with Crippen LogP contribution in [0.1, 0.15) is 33.1 Å². The smallest absolute Gasteiger partial charge is 0.221 e. The van der Waals surface area contributed by atoms with Crippen molar-refractivity contribution >= 4 is 5.91 Å². The zero-order valence-electron chi connectivity index (χ0n) is 7.84. The molecular weight excluding hydrogens is 152 g/mol. The van der Waals surface area contributed by atoms with Gasteiger partial charge in [-0.3, -0.25) is 4.79 Å². The van der Waals surface area contributed by atoms with Gasteiger partial charge < -0.3 is 11.1 Å². The summed E-state index contributed by atoms with van der Waals surface area (Å²) in [6, 6.07) is 0.386. The van der Waals surface area contributed by atoms with Gasteiger partial charge in [-0.25, -0.2) is 0 Å². The minimum absolute atomic E-state index is 0.0274. The number of carbonyl (C=O) groups excluding carboxylic acids is 1. The lowest BCUT2D eigenvalue weighted by Gasteiger charge is -2.34. The molecule has 1 aliphatic rings. The third-order valence-corrected chi connectivity index (χ3v) is 2.47. The fourth-order valence-corrected chi connectivity index (χ4v) is 1.44. The van der Waals surface area contributed by atoms with Crippen molar-refractivity contribution in [1.82, 2.24) is 5.32 Å². The minimum Gasteiger partial charge on any atom is -0.353 e. The summed E-state index contributed by atoms with van der Waals surface area (Å²) in [7, 11) is 0. The minimum atomic E-state index is -0.0274. The Balaban J connectivity index is 2.17. The summed E-state index contributed by atoms with van der Waals surface area (Å²) in [5.41, 5.74) is 5.50. The van der Waals surface area contributed by atoms with E-state index in [0.717, 1.165) is 6.42 Å². The SMILES string of the molecule is CC(N)CC(=O)NC1CCC1C. The summed E-state index contributed by atoms with van der Waals surface area (Å²) >= 11 is 0. The molecule has 1 fully saturated rings. The van der Waals surface area contributed by atoms with Gasteiger partial charge in [0.15, 0.2) is 0 Å². The van der Waals surface area contributed by atoms with E-state index in [1.807, 2.05) is 6.92 Å². The molecule has 1 aliphatic carbocycles. The summed E-state index contributed by atoms with van der Waals surface area (Å²) in [6.07, 6.45) is 2.82. The molecule has 0 spiro atoms.